The SMILES string of the molecule is CC/C(=N\OCc1ccccc1/C(=N\OC)C(=O)NC)c1cccc(C(F)(F)F)c1. The second-order valence-electron chi connectivity index (χ2n) is 6.10. The molecule has 0 unspecified atom stereocenters. The van der Waals surface area contributed by atoms with E-state index in [0.717, 1.165) is 12.1 Å². The van der Waals surface area contributed by atoms with Crippen LogP contribution in [0, 0.1) is 0 Å². The van der Waals surface area contributed by atoms with Gasteiger partial charge >= 0.3 is 6.18 Å². The molecule has 160 valence electrons. The van der Waals surface area contributed by atoms with E-state index in [4.69, 9.17) is 9.68 Å². The number of hydrogen-bond donors (Lipinski definition) is 1. The summed E-state index contributed by atoms with van der Waals surface area (Å²) in [5.41, 5.74) is 1.11. The van der Waals surface area contributed by atoms with Gasteiger partial charge in [0.05, 0.1) is 11.3 Å². The van der Waals surface area contributed by atoms with E-state index >= 15 is 0 Å². The topological polar surface area (TPSA) is 72.3 Å². The molecule has 0 bridgehead atoms. The Hall–Kier alpha value is -3.36. The van der Waals surface area contributed by atoms with Crippen molar-refractivity contribution in [2.24, 2.45) is 10.3 Å². The zero-order chi connectivity index (χ0) is 22.1. The first-order valence-corrected chi connectivity index (χ1v) is 9.09. The molecule has 2 aromatic rings. The molecular formula is C21H22F3N3O3. The van der Waals surface area contributed by atoms with Crippen molar-refractivity contribution in [3.63, 3.8) is 0 Å². The highest BCUT2D eigenvalue weighted by Gasteiger charge is 2.30. The lowest BCUT2D eigenvalue weighted by Crippen LogP contribution is -2.29. The summed E-state index contributed by atoms with van der Waals surface area (Å²) in [6.07, 6.45) is -4.07. The quantitative estimate of drug-likeness (QED) is 0.515. The van der Waals surface area contributed by atoms with E-state index in [0.29, 0.717) is 28.8 Å². The maximum absolute atomic E-state index is 13.0. The van der Waals surface area contributed by atoms with E-state index in [2.05, 4.69) is 15.6 Å². The van der Waals surface area contributed by atoms with E-state index in [1.54, 1.807) is 37.3 Å². The summed E-state index contributed by atoms with van der Waals surface area (Å²) in [4.78, 5) is 22.3. The Bertz CT molecular complexity index is 940. The highest BCUT2D eigenvalue weighted by molar-refractivity contribution is 6.45. The van der Waals surface area contributed by atoms with Crippen molar-refractivity contribution in [1.29, 1.82) is 0 Å². The van der Waals surface area contributed by atoms with E-state index in [-0.39, 0.29) is 12.3 Å². The summed E-state index contributed by atoms with van der Waals surface area (Å²) in [5, 5.41) is 10.3. The van der Waals surface area contributed by atoms with Crippen molar-refractivity contribution < 1.29 is 27.6 Å². The minimum Gasteiger partial charge on any atom is -0.398 e. The Morgan fingerprint density at radius 2 is 1.83 bits per heavy atom. The molecule has 30 heavy (non-hydrogen) atoms. The fraction of sp³-hybridized carbons (Fsp3) is 0.286. The predicted molar refractivity (Wildman–Crippen MR) is 107 cm³/mol. The molecule has 1 amide bonds. The van der Waals surface area contributed by atoms with Crippen LogP contribution in [0.3, 0.4) is 0 Å². The molecule has 0 heterocycles. The Kier molecular flexibility index (Phi) is 7.97. The number of halogens is 3. The fourth-order valence-electron chi connectivity index (χ4n) is 2.68. The van der Waals surface area contributed by atoms with Gasteiger partial charge in [0.2, 0.25) is 0 Å². The van der Waals surface area contributed by atoms with Crippen molar-refractivity contribution in [2.75, 3.05) is 14.2 Å². The van der Waals surface area contributed by atoms with Crippen molar-refractivity contribution in [2.45, 2.75) is 26.1 Å². The van der Waals surface area contributed by atoms with Gasteiger partial charge in [0.1, 0.15) is 13.7 Å². The summed E-state index contributed by atoms with van der Waals surface area (Å²) < 4.78 is 38.9. The number of oxime groups is 2. The number of rotatable bonds is 8. The van der Waals surface area contributed by atoms with Crippen molar-refractivity contribution in [3.05, 3.63) is 70.8 Å². The number of alkyl halides is 3. The average Bonchev–Trinajstić information content (AvgIpc) is 2.74. The molecule has 0 atom stereocenters. The van der Waals surface area contributed by atoms with Gasteiger partial charge in [-0.2, -0.15) is 13.2 Å². The molecule has 2 rings (SSSR count). The summed E-state index contributed by atoms with van der Waals surface area (Å²) in [7, 11) is 2.80. The maximum atomic E-state index is 13.0. The molecule has 6 nitrogen and oxygen atoms in total. The molecule has 0 aromatic heterocycles. The minimum atomic E-state index is -4.44. The van der Waals surface area contributed by atoms with Gasteiger partial charge in [-0.1, -0.05) is 53.6 Å². The third-order valence-corrected chi connectivity index (χ3v) is 4.15. The van der Waals surface area contributed by atoms with Crippen LogP contribution < -0.4 is 5.32 Å². The van der Waals surface area contributed by atoms with Gasteiger partial charge in [-0.25, -0.2) is 0 Å². The van der Waals surface area contributed by atoms with E-state index in [9.17, 15) is 18.0 Å². The predicted octanol–water partition coefficient (Wildman–Crippen LogP) is 4.13. The molecule has 1 N–H and O–H groups in total. The summed E-state index contributed by atoms with van der Waals surface area (Å²) >= 11 is 0. The standard InChI is InChI=1S/C21H22F3N3O3/c1-4-18(14-9-7-10-16(12-14)21(22,23)24)26-30-13-15-8-5-6-11-17(15)19(27-29-3)20(28)25-2/h5-12H,4,13H2,1-3H3,(H,25,28)/b26-18+,27-19+. The van der Waals surface area contributed by atoms with Gasteiger partial charge in [-0.05, 0) is 24.1 Å². The number of amides is 1. The second kappa shape index (κ2) is 10.4. The first-order valence-electron chi connectivity index (χ1n) is 9.09. The van der Waals surface area contributed by atoms with Crippen molar-refractivity contribution in [3.8, 4) is 0 Å². The summed E-state index contributed by atoms with van der Waals surface area (Å²) in [5.74, 6) is -0.439. The monoisotopic (exact) mass is 421 g/mol. The normalized spacial score (nSPS) is 12.5. The van der Waals surface area contributed by atoms with E-state index in [1.807, 2.05) is 0 Å². The van der Waals surface area contributed by atoms with Crippen molar-refractivity contribution in [1.82, 2.24) is 5.32 Å². The highest BCUT2D eigenvalue weighted by Crippen LogP contribution is 2.29. The van der Waals surface area contributed by atoms with Crippen LogP contribution in [0.5, 0.6) is 0 Å². The van der Waals surface area contributed by atoms with Gasteiger partial charge < -0.3 is 15.0 Å². The molecule has 9 heteroatoms. The van der Waals surface area contributed by atoms with E-state index in [1.165, 1.54) is 20.2 Å². The van der Waals surface area contributed by atoms with Crippen LogP contribution in [0.2, 0.25) is 0 Å². The Balaban J connectivity index is 2.26. The van der Waals surface area contributed by atoms with Crippen LogP contribution >= 0.6 is 0 Å². The van der Waals surface area contributed by atoms with Crippen LogP contribution in [-0.2, 0) is 27.3 Å². The Morgan fingerprint density at radius 1 is 1.10 bits per heavy atom. The highest BCUT2D eigenvalue weighted by atomic mass is 19.4. The number of nitrogens with zero attached hydrogens (tertiary/aromatic N) is 2. The van der Waals surface area contributed by atoms with E-state index < -0.39 is 17.6 Å². The number of hydrogen-bond acceptors (Lipinski definition) is 5. The van der Waals surface area contributed by atoms with Gasteiger partial charge in [0.25, 0.3) is 5.91 Å². The third-order valence-electron chi connectivity index (χ3n) is 4.15. The number of likely N-dealkylation sites (N-methyl/N-ethyl adjacent to an activating group) is 1. The van der Waals surface area contributed by atoms with Crippen molar-refractivity contribution >= 4 is 17.3 Å². The molecule has 0 fully saturated rings. The lowest BCUT2D eigenvalue weighted by Gasteiger charge is -2.11. The molecule has 0 radical (unpaired) electrons. The summed E-state index contributed by atoms with van der Waals surface area (Å²) in [6, 6.07) is 11.8. The minimum absolute atomic E-state index is 0.0155. The van der Waals surface area contributed by atoms with Gasteiger partial charge in [0, 0.05) is 18.2 Å². The molecule has 0 saturated heterocycles. The number of benzene rings is 2. The van der Waals surface area contributed by atoms with Crippen LogP contribution in [0.25, 0.3) is 0 Å². The lowest BCUT2D eigenvalue weighted by atomic mass is 10.0. The molecule has 2 aromatic carbocycles. The molecule has 0 spiro atoms. The zero-order valence-electron chi connectivity index (χ0n) is 16.8. The Labute approximate surface area is 172 Å². The number of nitrogens with one attached hydrogen (secondary N) is 1. The second-order valence-corrected chi connectivity index (χ2v) is 6.10. The molecule has 0 aliphatic carbocycles. The van der Waals surface area contributed by atoms with Crippen LogP contribution in [0.15, 0.2) is 58.8 Å². The van der Waals surface area contributed by atoms with Gasteiger partial charge in [-0.15, -0.1) is 0 Å². The molecule has 0 saturated carbocycles. The van der Waals surface area contributed by atoms with Crippen LogP contribution in [-0.4, -0.2) is 31.5 Å². The molecule has 0 aliphatic rings. The summed E-state index contributed by atoms with van der Waals surface area (Å²) in [6.45, 7) is 1.75. The lowest BCUT2D eigenvalue weighted by molar-refractivity contribution is -0.137. The molecule has 0 aliphatic heterocycles. The van der Waals surface area contributed by atoms with Gasteiger partial charge in [0.15, 0.2) is 5.71 Å². The first-order chi connectivity index (χ1) is 14.3. The number of carbonyl (C=O) groups excluding carboxylic acids is 1. The zero-order valence-corrected chi connectivity index (χ0v) is 16.8. The maximum Gasteiger partial charge on any atom is 0.416 e. The molecular weight excluding hydrogens is 399 g/mol. The largest absolute Gasteiger partial charge is 0.416 e. The first kappa shape index (κ1) is 22.9. The van der Waals surface area contributed by atoms with Crippen LogP contribution in [0.4, 0.5) is 13.2 Å². The van der Waals surface area contributed by atoms with Gasteiger partial charge in [-0.3, -0.25) is 4.79 Å². The Morgan fingerprint density at radius 3 is 2.47 bits per heavy atom. The fourth-order valence-corrected chi connectivity index (χ4v) is 2.68. The van der Waals surface area contributed by atoms with Crippen LogP contribution in [0.1, 0.15) is 35.6 Å². The third kappa shape index (κ3) is 5.82. The smallest absolute Gasteiger partial charge is 0.398 e. The average molecular weight is 421 g/mol. The number of carbonyl (C=O) groups is 1.